The normalized spacial score (nSPS) is 10.8. The molecule has 2 N–H and O–H groups in total. The number of hydrazone groups is 1. The van der Waals surface area contributed by atoms with Crippen molar-refractivity contribution in [2.75, 3.05) is 5.32 Å². The van der Waals surface area contributed by atoms with Gasteiger partial charge in [0.05, 0.1) is 10.7 Å². The summed E-state index contributed by atoms with van der Waals surface area (Å²) in [6.45, 7) is 0. The minimum absolute atomic E-state index is 0.350. The van der Waals surface area contributed by atoms with Gasteiger partial charge in [-0.05, 0) is 23.8 Å². The molecule has 23 heavy (non-hydrogen) atoms. The number of amides is 2. The number of hydrogen-bond donors (Lipinski definition) is 2. The third-order valence-corrected chi connectivity index (χ3v) is 3.07. The van der Waals surface area contributed by atoms with E-state index in [0.717, 1.165) is 5.56 Å². The van der Waals surface area contributed by atoms with Gasteiger partial charge >= 0.3 is 11.8 Å². The van der Waals surface area contributed by atoms with Crippen LogP contribution in [0.3, 0.4) is 0 Å². The minimum atomic E-state index is -0.880. The molecule has 0 aliphatic heterocycles. The van der Waals surface area contributed by atoms with E-state index in [0.29, 0.717) is 10.7 Å². The molecule has 5 nitrogen and oxygen atoms in total. The van der Waals surface area contributed by atoms with Gasteiger partial charge in [0.15, 0.2) is 0 Å². The van der Waals surface area contributed by atoms with Crippen molar-refractivity contribution >= 4 is 41.4 Å². The van der Waals surface area contributed by atoms with Crippen LogP contribution in [0.15, 0.2) is 65.8 Å². The van der Waals surface area contributed by atoms with Gasteiger partial charge in [0.2, 0.25) is 0 Å². The van der Waals surface area contributed by atoms with Gasteiger partial charge in [-0.2, -0.15) is 5.10 Å². The summed E-state index contributed by atoms with van der Waals surface area (Å²) in [5.41, 5.74) is 3.50. The Kier molecular flexibility index (Phi) is 6.08. The number of anilines is 1. The van der Waals surface area contributed by atoms with Gasteiger partial charge in [-0.25, -0.2) is 5.43 Å². The van der Waals surface area contributed by atoms with Crippen LogP contribution in [0.4, 0.5) is 5.69 Å². The van der Waals surface area contributed by atoms with Crippen molar-refractivity contribution in [1.29, 1.82) is 0 Å². The maximum absolute atomic E-state index is 11.7. The number of benzene rings is 2. The Morgan fingerprint density at radius 1 is 0.957 bits per heavy atom. The van der Waals surface area contributed by atoms with Gasteiger partial charge in [0.25, 0.3) is 0 Å². The van der Waals surface area contributed by atoms with E-state index >= 15 is 0 Å². The van der Waals surface area contributed by atoms with Gasteiger partial charge in [0, 0.05) is 6.21 Å². The molecule has 0 radical (unpaired) electrons. The molecule has 2 aromatic rings. The second-order valence-corrected chi connectivity index (χ2v) is 4.83. The van der Waals surface area contributed by atoms with E-state index in [9.17, 15) is 9.59 Å². The number of rotatable bonds is 4. The fourth-order valence-corrected chi connectivity index (χ4v) is 1.83. The molecule has 0 heterocycles. The first-order chi connectivity index (χ1) is 11.2. The van der Waals surface area contributed by atoms with Crippen LogP contribution in [0.1, 0.15) is 5.56 Å². The van der Waals surface area contributed by atoms with E-state index in [2.05, 4.69) is 15.8 Å². The van der Waals surface area contributed by atoms with Gasteiger partial charge in [-0.1, -0.05) is 60.1 Å². The summed E-state index contributed by atoms with van der Waals surface area (Å²) in [5, 5.41) is 6.42. The number of allylic oxidation sites excluding steroid dienone is 1. The van der Waals surface area contributed by atoms with Crippen molar-refractivity contribution in [3.05, 3.63) is 71.3 Å². The molecule has 0 aliphatic carbocycles. The summed E-state index contributed by atoms with van der Waals surface area (Å²) >= 11 is 5.89. The summed E-state index contributed by atoms with van der Waals surface area (Å²) < 4.78 is 0. The third-order valence-electron chi connectivity index (χ3n) is 2.74. The molecule has 0 spiro atoms. The molecule has 0 saturated carbocycles. The predicted molar refractivity (Wildman–Crippen MR) is 92.2 cm³/mol. The lowest BCUT2D eigenvalue weighted by molar-refractivity contribution is -0.136. The monoisotopic (exact) mass is 327 g/mol. The van der Waals surface area contributed by atoms with Crippen molar-refractivity contribution in [1.82, 2.24) is 5.43 Å². The average molecular weight is 328 g/mol. The van der Waals surface area contributed by atoms with Crippen LogP contribution < -0.4 is 10.7 Å². The van der Waals surface area contributed by atoms with Crippen LogP contribution in [-0.2, 0) is 9.59 Å². The highest BCUT2D eigenvalue weighted by atomic mass is 35.5. The predicted octanol–water partition coefficient (Wildman–Crippen LogP) is 3.09. The van der Waals surface area contributed by atoms with Crippen molar-refractivity contribution in [3.8, 4) is 0 Å². The fourth-order valence-electron chi connectivity index (χ4n) is 1.65. The Balaban J connectivity index is 1.82. The van der Waals surface area contributed by atoms with Gasteiger partial charge in [-0.15, -0.1) is 0 Å². The smallest absolute Gasteiger partial charge is 0.316 e. The quantitative estimate of drug-likeness (QED) is 0.514. The van der Waals surface area contributed by atoms with Crippen LogP contribution >= 0.6 is 11.6 Å². The zero-order valence-electron chi connectivity index (χ0n) is 12.1. The minimum Gasteiger partial charge on any atom is -0.316 e. The molecule has 0 aliphatic rings. The fraction of sp³-hybridized carbons (Fsp3) is 0. The molecule has 0 fully saturated rings. The summed E-state index contributed by atoms with van der Waals surface area (Å²) in [7, 11) is 0. The van der Waals surface area contributed by atoms with E-state index in [1.54, 1.807) is 30.3 Å². The molecule has 2 rings (SSSR count). The Morgan fingerprint density at radius 2 is 1.65 bits per heavy atom. The van der Waals surface area contributed by atoms with Crippen LogP contribution in [0.2, 0.25) is 5.02 Å². The molecule has 6 heteroatoms. The number of hydrogen-bond acceptors (Lipinski definition) is 3. The van der Waals surface area contributed by atoms with Gasteiger partial charge in [-0.3, -0.25) is 9.59 Å². The number of para-hydroxylation sites is 1. The van der Waals surface area contributed by atoms with Crippen molar-refractivity contribution in [2.24, 2.45) is 5.10 Å². The molecule has 0 aromatic heterocycles. The molecule has 0 saturated heterocycles. The summed E-state index contributed by atoms with van der Waals surface area (Å²) in [6.07, 6.45) is 4.86. The average Bonchev–Trinajstić information content (AvgIpc) is 2.57. The lowest BCUT2D eigenvalue weighted by Gasteiger charge is -2.05. The van der Waals surface area contributed by atoms with E-state index in [4.69, 9.17) is 11.6 Å². The molecule has 2 amide bonds. The number of nitrogens with one attached hydrogen (secondary N) is 2. The Bertz CT molecular complexity index is 743. The lowest BCUT2D eigenvalue weighted by atomic mass is 10.2. The van der Waals surface area contributed by atoms with E-state index in [1.165, 1.54) is 6.21 Å². The lowest BCUT2D eigenvalue weighted by Crippen LogP contribution is -2.32. The Labute approximate surface area is 138 Å². The molecule has 0 atom stereocenters. The molecule has 0 bridgehead atoms. The molecule has 116 valence electrons. The highest BCUT2D eigenvalue weighted by Crippen LogP contribution is 2.20. The first-order valence-electron chi connectivity index (χ1n) is 6.77. The van der Waals surface area contributed by atoms with Crippen LogP contribution in [0, 0.1) is 0 Å². The highest BCUT2D eigenvalue weighted by molar-refractivity contribution is 6.41. The van der Waals surface area contributed by atoms with Crippen molar-refractivity contribution < 1.29 is 9.59 Å². The second-order valence-electron chi connectivity index (χ2n) is 4.42. The first kappa shape index (κ1) is 16.5. The second kappa shape index (κ2) is 8.51. The zero-order valence-corrected chi connectivity index (χ0v) is 12.8. The van der Waals surface area contributed by atoms with Crippen molar-refractivity contribution in [3.63, 3.8) is 0 Å². The van der Waals surface area contributed by atoms with Gasteiger partial charge in [0.1, 0.15) is 0 Å². The Morgan fingerprint density at radius 3 is 2.39 bits per heavy atom. The summed E-state index contributed by atoms with van der Waals surface area (Å²) in [5.74, 6) is -1.73. The summed E-state index contributed by atoms with van der Waals surface area (Å²) in [4.78, 5) is 23.3. The molecular weight excluding hydrogens is 314 g/mol. The van der Waals surface area contributed by atoms with Crippen LogP contribution in [0.25, 0.3) is 6.08 Å². The highest BCUT2D eigenvalue weighted by Gasteiger charge is 2.13. The van der Waals surface area contributed by atoms with E-state index in [1.807, 2.05) is 36.4 Å². The largest absolute Gasteiger partial charge is 0.329 e. The van der Waals surface area contributed by atoms with Crippen LogP contribution in [0.5, 0.6) is 0 Å². The van der Waals surface area contributed by atoms with Crippen LogP contribution in [-0.4, -0.2) is 18.0 Å². The van der Waals surface area contributed by atoms with Gasteiger partial charge < -0.3 is 5.32 Å². The molecular formula is C17H14ClN3O2. The standard InChI is InChI=1S/C17H14ClN3O2/c18-14-10-4-5-11-15(14)20-16(22)17(23)21-19-12-6-9-13-7-2-1-3-8-13/h1-12H,(H,20,22)(H,21,23). The topological polar surface area (TPSA) is 70.6 Å². The third kappa shape index (κ3) is 5.41. The number of carbonyl (C=O) groups excluding carboxylic acids is 2. The maximum atomic E-state index is 11.7. The zero-order chi connectivity index (χ0) is 16.5. The van der Waals surface area contributed by atoms with Crippen molar-refractivity contribution in [2.45, 2.75) is 0 Å². The molecule has 2 aromatic carbocycles. The van der Waals surface area contributed by atoms with E-state index < -0.39 is 11.8 Å². The maximum Gasteiger partial charge on any atom is 0.329 e. The SMILES string of the molecule is O=C(NN=CC=Cc1ccccc1)C(=O)Nc1ccccc1Cl. The number of carbonyl (C=O) groups is 2. The first-order valence-corrected chi connectivity index (χ1v) is 7.15. The number of nitrogens with zero attached hydrogens (tertiary/aromatic N) is 1. The summed E-state index contributed by atoms with van der Waals surface area (Å²) in [6, 6.07) is 16.2. The Hall–Kier alpha value is -2.92. The molecule has 0 unspecified atom stereocenters. The van der Waals surface area contributed by atoms with E-state index in [-0.39, 0.29) is 0 Å². The number of halogens is 1.